The molecule has 0 radical (unpaired) electrons. The fourth-order valence-corrected chi connectivity index (χ4v) is 1.75. The first-order valence-electron chi connectivity index (χ1n) is 5.07. The van der Waals surface area contributed by atoms with Crippen molar-refractivity contribution in [2.75, 3.05) is 5.33 Å². The fraction of sp³-hybridized carbons (Fsp3) is 0.538. The molecule has 0 N–H and O–H groups in total. The second-order valence-corrected chi connectivity index (χ2v) is 5.47. The lowest BCUT2D eigenvalue weighted by atomic mass is 9.86. The first kappa shape index (κ1) is 11.8. The second-order valence-electron chi connectivity index (χ2n) is 4.90. The molecule has 1 aromatic carbocycles. The minimum Gasteiger partial charge on any atom is -0.0922 e. The molecule has 0 aliphatic carbocycles. The Morgan fingerprint density at radius 2 is 1.86 bits per heavy atom. The highest BCUT2D eigenvalue weighted by atomic mass is 79.9. The summed E-state index contributed by atoms with van der Waals surface area (Å²) in [6.07, 6.45) is 1.14. The summed E-state index contributed by atoms with van der Waals surface area (Å²) in [7, 11) is 0. The number of halogens is 1. The van der Waals surface area contributed by atoms with E-state index in [1.807, 2.05) is 0 Å². The quantitative estimate of drug-likeness (QED) is 0.707. The standard InChI is InChI=1S/C13H19Br/c1-10-5-6-11(2)12(7-10)8-13(3,4)9-14/h5-7H,8-9H2,1-4H3. The molecule has 0 nitrogen and oxygen atoms in total. The van der Waals surface area contributed by atoms with Gasteiger partial charge in [-0.1, -0.05) is 53.5 Å². The average Bonchev–Trinajstić information content (AvgIpc) is 2.11. The highest BCUT2D eigenvalue weighted by Crippen LogP contribution is 2.26. The molecule has 14 heavy (non-hydrogen) atoms. The van der Waals surface area contributed by atoms with E-state index < -0.39 is 0 Å². The third-order valence-electron chi connectivity index (χ3n) is 2.54. The lowest BCUT2D eigenvalue weighted by molar-refractivity contribution is 0.424. The van der Waals surface area contributed by atoms with E-state index in [1.165, 1.54) is 16.7 Å². The van der Waals surface area contributed by atoms with Crippen LogP contribution in [0.15, 0.2) is 18.2 Å². The van der Waals surface area contributed by atoms with Crippen LogP contribution in [-0.2, 0) is 6.42 Å². The molecule has 0 fully saturated rings. The third-order valence-corrected chi connectivity index (χ3v) is 4.05. The van der Waals surface area contributed by atoms with Gasteiger partial charge in [0, 0.05) is 5.33 Å². The minimum atomic E-state index is 0.346. The molecule has 0 spiro atoms. The van der Waals surface area contributed by atoms with E-state index in [2.05, 4.69) is 61.8 Å². The van der Waals surface area contributed by atoms with Crippen molar-refractivity contribution < 1.29 is 0 Å². The summed E-state index contributed by atoms with van der Waals surface area (Å²) in [5, 5.41) is 1.05. The predicted octanol–water partition coefficient (Wildman–Crippen LogP) is 4.27. The first-order valence-corrected chi connectivity index (χ1v) is 6.19. The van der Waals surface area contributed by atoms with Crippen molar-refractivity contribution in [1.29, 1.82) is 0 Å². The van der Waals surface area contributed by atoms with Gasteiger partial charge in [-0.2, -0.15) is 0 Å². The Bertz CT molecular complexity index is 313. The molecule has 0 bridgehead atoms. The van der Waals surface area contributed by atoms with Crippen LogP contribution in [0.5, 0.6) is 0 Å². The number of hydrogen-bond acceptors (Lipinski definition) is 0. The molecule has 0 unspecified atom stereocenters. The zero-order valence-electron chi connectivity index (χ0n) is 9.52. The van der Waals surface area contributed by atoms with Crippen LogP contribution in [0, 0.1) is 19.3 Å². The second kappa shape index (κ2) is 4.48. The van der Waals surface area contributed by atoms with Crippen molar-refractivity contribution in [3.8, 4) is 0 Å². The zero-order valence-corrected chi connectivity index (χ0v) is 11.1. The summed E-state index contributed by atoms with van der Waals surface area (Å²) in [5.41, 5.74) is 4.59. The van der Waals surface area contributed by atoms with Crippen LogP contribution in [0.1, 0.15) is 30.5 Å². The lowest BCUT2D eigenvalue weighted by Gasteiger charge is -2.22. The normalized spacial score (nSPS) is 11.8. The van der Waals surface area contributed by atoms with Gasteiger partial charge in [-0.25, -0.2) is 0 Å². The summed E-state index contributed by atoms with van der Waals surface area (Å²) in [6, 6.07) is 6.70. The van der Waals surface area contributed by atoms with Gasteiger partial charge in [-0.3, -0.25) is 0 Å². The van der Waals surface area contributed by atoms with Gasteiger partial charge in [0.1, 0.15) is 0 Å². The lowest BCUT2D eigenvalue weighted by Crippen LogP contribution is -2.17. The van der Waals surface area contributed by atoms with Gasteiger partial charge in [-0.05, 0) is 36.8 Å². The zero-order chi connectivity index (χ0) is 10.8. The molecule has 78 valence electrons. The molecule has 1 rings (SSSR count). The van der Waals surface area contributed by atoms with E-state index in [4.69, 9.17) is 0 Å². The Hall–Kier alpha value is -0.300. The Morgan fingerprint density at radius 1 is 1.21 bits per heavy atom. The molecule has 0 atom stereocenters. The van der Waals surface area contributed by atoms with E-state index >= 15 is 0 Å². The van der Waals surface area contributed by atoms with Gasteiger partial charge in [0.05, 0.1) is 0 Å². The molecule has 1 heteroatoms. The average molecular weight is 255 g/mol. The van der Waals surface area contributed by atoms with Crippen LogP contribution in [0.2, 0.25) is 0 Å². The molecule has 0 heterocycles. The fourth-order valence-electron chi connectivity index (χ4n) is 1.55. The van der Waals surface area contributed by atoms with E-state index in [9.17, 15) is 0 Å². The van der Waals surface area contributed by atoms with E-state index in [0.29, 0.717) is 5.41 Å². The molecule has 0 aromatic heterocycles. The van der Waals surface area contributed by atoms with Gasteiger partial charge in [0.15, 0.2) is 0 Å². The molecule has 0 aliphatic heterocycles. The maximum absolute atomic E-state index is 3.57. The van der Waals surface area contributed by atoms with E-state index in [0.717, 1.165) is 11.8 Å². The highest BCUT2D eigenvalue weighted by Gasteiger charge is 2.17. The van der Waals surface area contributed by atoms with Gasteiger partial charge in [0.2, 0.25) is 0 Å². The summed E-state index contributed by atoms with van der Waals surface area (Å²) >= 11 is 3.57. The van der Waals surface area contributed by atoms with Crippen molar-refractivity contribution in [3.05, 3.63) is 34.9 Å². The van der Waals surface area contributed by atoms with Gasteiger partial charge in [0.25, 0.3) is 0 Å². The van der Waals surface area contributed by atoms with Crippen LogP contribution < -0.4 is 0 Å². The van der Waals surface area contributed by atoms with Gasteiger partial charge in [-0.15, -0.1) is 0 Å². The molecular weight excluding hydrogens is 236 g/mol. The largest absolute Gasteiger partial charge is 0.0922 e. The summed E-state index contributed by atoms with van der Waals surface area (Å²) in [6.45, 7) is 8.94. The molecule has 1 aromatic rings. The summed E-state index contributed by atoms with van der Waals surface area (Å²) in [4.78, 5) is 0. The first-order chi connectivity index (χ1) is 6.44. The van der Waals surface area contributed by atoms with E-state index in [1.54, 1.807) is 0 Å². The van der Waals surface area contributed by atoms with Crippen molar-refractivity contribution in [3.63, 3.8) is 0 Å². The highest BCUT2D eigenvalue weighted by molar-refractivity contribution is 9.09. The van der Waals surface area contributed by atoms with Crippen molar-refractivity contribution in [2.45, 2.75) is 34.1 Å². The van der Waals surface area contributed by atoms with Crippen LogP contribution in [0.25, 0.3) is 0 Å². The van der Waals surface area contributed by atoms with Crippen LogP contribution in [0.3, 0.4) is 0 Å². The Morgan fingerprint density at radius 3 is 2.43 bits per heavy atom. The van der Waals surface area contributed by atoms with Crippen molar-refractivity contribution in [2.24, 2.45) is 5.41 Å². The van der Waals surface area contributed by atoms with Crippen LogP contribution in [-0.4, -0.2) is 5.33 Å². The van der Waals surface area contributed by atoms with Crippen molar-refractivity contribution >= 4 is 15.9 Å². The molecule has 0 aliphatic rings. The number of benzene rings is 1. The van der Waals surface area contributed by atoms with Crippen molar-refractivity contribution in [1.82, 2.24) is 0 Å². The molecule has 0 saturated heterocycles. The third kappa shape index (κ3) is 3.13. The Kier molecular flexibility index (Phi) is 3.77. The topological polar surface area (TPSA) is 0 Å². The smallest absolute Gasteiger partial charge is 0.00858 e. The van der Waals surface area contributed by atoms with E-state index in [-0.39, 0.29) is 0 Å². The number of alkyl halides is 1. The molecular formula is C13H19Br. The van der Waals surface area contributed by atoms with Crippen LogP contribution in [0.4, 0.5) is 0 Å². The number of aryl methyl sites for hydroxylation is 2. The number of hydrogen-bond donors (Lipinski definition) is 0. The minimum absolute atomic E-state index is 0.346. The summed E-state index contributed by atoms with van der Waals surface area (Å²) in [5.74, 6) is 0. The number of rotatable bonds is 3. The van der Waals surface area contributed by atoms with Gasteiger partial charge < -0.3 is 0 Å². The monoisotopic (exact) mass is 254 g/mol. The Balaban J connectivity index is 2.91. The maximum atomic E-state index is 3.57. The Labute approximate surface area is 95.9 Å². The predicted molar refractivity (Wildman–Crippen MR) is 67.2 cm³/mol. The molecule has 0 saturated carbocycles. The van der Waals surface area contributed by atoms with Gasteiger partial charge >= 0.3 is 0 Å². The summed E-state index contributed by atoms with van der Waals surface area (Å²) < 4.78 is 0. The molecule has 0 amide bonds. The SMILES string of the molecule is Cc1ccc(C)c(CC(C)(C)CBr)c1. The maximum Gasteiger partial charge on any atom is 0.00858 e. The van der Waals surface area contributed by atoms with Crippen LogP contribution >= 0.6 is 15.9 Å².